The van der Waals surface area contributed by atoms with Gasteiger partial charge in [-0.05, 0) is 31.5 Å². The lowest BCUT2D eigenvalue weighted by Gasteiger charge is -2.07. The third kappa shape index (κ3) is 2.58. The van der Waals surface area contributed by atoms with Gasteiger partial charge in [0.15, 0.2) is 0 Å². The van der Waals surface area contributed by atoms with Crippen molar-refractivity contribution in [2.24, 2.45) is 0 Å². The molecule has 2 heterocycles. The van der Waals surface area contributed by atoms with Gasteiger partial charge in [0.05, 0.1) is 22.6 Å². The van der Waals surface area contributed by atoms with Gasteiger partial charge in [0.25, 0.3) is 0 Å². The summed E-state index contributed by atoms with van der Waals surface area (Å²) in [5, 5.41) is 1.10. The highest BCUT2D eigenvalue weighted by Gasteiger charge is 2.12. The highest BCUT2D eigenvalue weighted by molar-refractivity contribution is 7.11. The van der Waals surface area contributed by atoms with Crippen LogP contribution >= 0.6 is 22.9 Å². The van der Waals surface area contributed by atoms with Crippen molar-refractivity contribution in [3.8, 4) is 0 Å². The van der Waals surface area contributed by atoms with E-state index in [9.17, 15) is 0 Å². The molecule has 0 bridgehead atoms. The van der Waals surface area contributed by atoms with Crippen LogP contribution in [0.25, 0.3) is 11.0 Å². The zero-order valence-corrected chi connectivity index (χ0v) is 13.1. The molecule has 0 saturated heterocycles. The van der Waals surface area contributed by atoms with Gasteiger partial charge < -0.3 is 4.57 Å². The van der Waals surface area contributed by atoms with E-state index in [4.69, 9.17) is 16.6 Å². The third-order valence-corrected chi connectivity index (χ3v) is 4.37. The zero-order valence-electron chi connectivity index (χ0n) is 11.6. The van der Waals surface area contributed by atoms with Gasteiger partial charge in [0.1, 0.15) is 5.82 Å². The smallest absolute Gasteiger partial charge is 0.111 e. The quantitative estimate of drug-likeness (QED) is 0.684. The Labute approximate surface area is 127 Å². The number of halogens is 1. The highest BCUT2D eigenvalue weighted by Crippen LogP contribution is 2.22. The number of fused-ring (bicyclic) bond motifs is 1. The highest BCUT2D eigenvalue weighted by atomic mass is 35.5. The van der Waals surface area contributed by atoms with Crippen molar-refractivity contribution in [1.29, 1.82) is 0 Å². The lowest BCUT2D eigenvalue weighted by atomic mass is 10.2. The van der Waals surface area contributed by atoms with Gasteiger partial charge in [-0.25, -0.2) is 9.97 Å². The molecule has 0 aliphatic rings. The number of alkyl halides is 1. The molecule has 5 heteroatoms. The molecule has 1 aromatic carbocycles. The van der Waals surface area contributed by atoms with Crippen molar-refractivity contribution in [3.63, 3.8) is 0 Å². The fraction of sp³-hybridized carbons (Fsp3) is 0.333. The van der Waals surface area contributed by atoms with Gasteiger partial charge >= 0.3 is 0 Å². The zero-order chi connectivity index (χ0) is 14.1. The number of thiazole rings is 1. The average molecular weight is 306 g/mol. The van der Waals surface area contributed by atoms with Crippen LogP contribution in [0.4, 0.5) is 0 Å². The molecule has 0 unspecified atom stereocenters. The number of rotatable bonds is 4. The Balaban J connectivity index is 2.09. The fourth-order valence-electron chi connectivity index (χ4n) is 2.37. The van der Waals surface area contributed by atoms with Gasteiger partial charge in [0, 0.05) is 23.4 Å². The van der Waals surface area contributed by atoms with E-state index < -0.39 is 0 Å². The molecule has 20 heavy (non-hydrogen) atoms. The van der Waals surface area contributed by atoms with Gasteiger partial charge in [-0.15, -0.1) is 22.9 Å². The Kier molecular flexibility index (Phi) is 3.76. The normalized spacial score (nSPS) is 11.3. The first kappa shape index (κ1) is 13.6. The van der Waals surface area contributed by atoms with Crippen LogP contribution in [-0.2, 0) is 13.0 Å². The van der Waals surface area contributed by atoms with E-state index in [0.29, 0.717) is 5.88 Å². The van der Waals surface area contributed by atoms with Gasteiger partial charge in [0.2, 0.25) is 0 Å². The largest absolute Gasteiger partial charge is 0.323 e. The standard InChI is InChI=1S/C15H16ClN3S/c1-10-3-4-13-14(7-10)19(15(18-13)5-6-16)9-12-8-17-11(2)20-12/h3-4,7-8H,5-6,9H2,1-2H3. The molecular weight excluding hydrogens is 290 g/mol. The molecule has 2 aromatic heterocycles. The van der Waals surface area contributed by atoms with Crippen LogP contribution in [0.5, 0.6) is 0 Å². The van der Waals surface area contributed by atoms with Crippen molar-refractivity contribution >= 4 is 34.0 Å². The van der Waals surface area contributed by atoms with E-state index in [-0.39, 0.29) is 0 Å². The molecule has 0 saturated carbocycles. The topological polar surface area (TPSA) is 30.7 Å². The number of imidazole rings is 1. The van der Waals surface area contributed by atoms with Crippen LogP contribution in [-0.4, -0.2) is 20.4 Å². The summed E-state index contributed by atoms with van der Waals surface area (Å²) in [5.41, 5.74) is 3.46. The Bertz CT molecular complexity index is 745. The van der Waals surface area contributed by atoms with Crippen molar-refractivity contribution in [2.45, 2.75) is 26.8 Å². The van der Waals surface area contributed by atoms with E-state index in [0.717, 1.165) is 29.3 Å². The van der Waals surface area contributed by atoms with Gasteiger partial charge in [-0.1, -0.05) is 6.07 Å². The maximum Gasteiger partial charge on any atom is 0.111 e. The second-order valence-corrected chi connectivity index (χ2v) is 6.59. The summed E-state index contributed by atoms with van der Waals surface area (Å²) in [6.45, 7) is 4.95. The van der Waals surface area contributed by atoms with Crippen LogP contribution in [0.1, 0.15) is 21.3 Å². The Morgan fingerprint density at radius 2 is 2.15 bits per heavy atom. The first-order valence-electron chi connectivity index (χ1n) is 6.60. The Morgan fingerprint density at radius 3 is 2.85 bits per heavy atom. The molecule has 3 rings (SSSR count). The lowest BCUT2D eigenvalue weighted by Crippen LogP contribution is -2.05. The Morgan fingerprint density at radius 1 is 1.30 bits per heavy atom. The molecule has 0 aliphatic heterocycles. The van der Waals surface area contributed by atoms with E-state index in [1.165, 1.54) is 16.0 Å². The van der Waals surface area contributed by atoms with Crippen LogP contribution < -0.4 is 0 Å². The average Bonchev–Trinajstić information content (AvgIpc) is 2.96. The van der Waals surface area contributed by atoms with E-state index in [1.54, 1.807) is 11.3 Å². The van der Waals surface area contributed by atoms with Crippen LogP contribution in [0.3, 0.4) is 0 Å². The molecule has 104 valence electrons. The summed E-state index contributed by atoms with van der Waals surface area (Å²) in [7, 11) is 0. The minimum Gasteiger partial charge on any atom is -0.323 e. The van der Waals surface area contributed by atoms with E-state index in [2.05, 4.69) is 34.7 Å². The van der Waals surface area contributed by atoms with Crippen molar-refractivity contribution in [1.82, 2.24) is 14.5 Å². The molecule has 0 spiro atoms. The van der Waals surface area contributed by atoms with E-state index >= 15 is 0 Å². The minimum absolute atomic E-state index is 0.587. The van der Waals surface area contributed by atoms with Crippen molar-refractivity contribution in [2.75, 3.05) is 5.88 Å². The van der Waals surface area contributed by atoms with E-state index in [1.807, 2.05) is 13.1 Å². The molecule has 0 amide bonds. The summed E-state index contributed by atoms with van der Waals surface area (Å²) < 4.78 is 2.26. The molecule has 0 N–H and O–H groups in total. The summed E-state index contributed by atoms with van der Waals surface area (Å²) >= 11 is 7.64. The second kappa shape index (κ2) is 5.54. The SMILES string of the molecule is Cc1ccc2nc(CCCl)n(Cc3cnc(C)s3)c2c1. The third-order valence-electron chi connectivity index (χ3n) is 3.28. The summed E-state index contributed by atoms with van der Waals surface area (Å²) in [6.07, 6.45) is 2.74. The molecule has 3 aromatic rings. The number of hydrogen-bond acceptors (Lipinski definition) is 3. The number of hydrogen-bond donors (Lipinski definition) is 0. The molecule has 0 atom stereocenters. The summed E-state index contributed by atoms with van der Waals surface area (Å²) in [5.74, 6) is 1.64. The number of aryl methyl sites for hydroxylation is 3. The summed E-state index contributed by atoms with van der Waals surface area (Å²) in [6, 6.07) is 6.37. The molecule has 0 fully saturated rings. The molecule has 0 radical (unpaired) electrons. The molecule has 3 nitrogen and oxygen atoms in total. The van der Waals surface area contributed by atoms with Crippen LogP contribution in [0.15, 0.2) is 24.4 Å². The van der Waals surface area contributed by atoms with Gasteiger partial charge in [-0.2, -0.15) is 0 Å². The number of nitrogens with zero attached hydrogens (tertiary/aromatic N) is 3. The maximum atomic E-state index is 5.91. The molecular formula is C15H16ClN3S. The number of benzene rings is 1. The van der Waals surface area contributed by atoms with Crippen LogP contribution in [0.2, 0.25) is 0 Å². The molecule has 0 aliphatic carbocycles. The second-order valence-electron chi connectivity index (χ2n) is 4.89. The predicted octanol–water partition coefficient (Wildman–Crippen LogP) is 3.94. The number of aromatic nitrogens is 3. The summed E-state index contributed by atoms with van der Waals surface area (Å²) in [4.78, 5) is 10.3. The lowest BCUT2D eigenvalue weighted by molar-refractivity contribution is 0.762. The minimum atomic E-state index is 0.587. The fourth-order valence-corrected chi connectivity index (χ4v) is 3.32. The van der Waals surface area contributed by atoms with Crippen molar-refractivity contribution in [3.05, 3.63) is 45.7 Å². The monoisotopic (exact) mass is 305 g/mol. The first-order valence-corrected chi connectivity index (χ1v) is 7.95. The maximum absolute atomic E-state index is 5.91. The van der Waals surface area contributed by atoms with Crippen LogP contribution in [0, 0.1) is 13.8 Å². The Hall–Kier alpha value is -1.39. The first-order chi connectivity index (χ1) is 9.67. The van der Waals surface area contributed by atoms with Crippen molar-refractivity contribution < 1.29 is 0 Å². The predicted molar refractivity (Wildman–Crippen MR) is 84.8 cm³/mol. The van der Waals surface area contributed by atoms with Gasteiger partial charge in [-0.3, -0.25) is 0 Å².